The van der Waals surface area contributed by atoms with Gasteiger partial charge in [0.25, 0.3) is 5.91 Å². The summed E-state index contributed by atoms with van der Waals surface area (Å²) >= 11 is 0. The molecule has 1 saturated carbocycles. The summed E-state index contributed by atoms with van der Waals surface area (Å²) in [4.78, 5) is 12.2. The van der Waals surface area contributed by atoms with E-state index in [1.807, 2.05) is 6.92 Å². The third-order valence-electron chi connectivity index (χ3n) is 4.61. The molecule has 2 heterocycles. The Kier molecular flexibility index (Phi) is 5.58. The van der Waals surface area contributed by atoms with Crippen LogP contribution in [0.3, 0.4) is 0 Å². The standard InChI is InChI=1S/C17H25N3O4S/c1-2-3-4-11-25(22,23)20-9-7-14(8-10-20)18-17(21)15-12-16(24-19-15)13-5-6-13/h4,11-14H,2-3,5-10H2,1H3,(H,18,21)/b11-4+. The monoisotopic (exact) mass is 367 g/mol. The zero-order chi connectivity index (χ0) is 17.9. The van der Waals surface area contributed by atoms with E-state index in [2.05, 4.69) is 10.5 Å². The number of nitrogens with one attached hydrogen (secondary N) is 1. The van der Waals surface area contributed by atoms with Gasteiger partial charge in [0.1, 0.15) is 5.76 Å². The maximum atomic E-state index is 12.2. The normalized spacial score (nSPS) is 20.2. The Balaban J connectivity index is 1.49. The Morgan fingerprint density at radius 2 is 2.08 bits per heavy atom. The van der Waals surface area contributed by atoms with Gasteiger partial charge in [-0.3, -0.25) is 4.79 Å². The second kappa shape index (κ2) is 7.70. The molecule has 1 aromatic heterocycles. The maximum Gasteiger partial charge on any atom is 0.273 e. The Morgan fingerprint density at radius 3 is 2.72 bits per heavy atom. The smallest absolute Gasteiger partial charge is 0.273 e. The zero-order valence-electron chi connectivity index (χ0n) is 14.5. The number of nitrogens with zero attached hydrogens (tertiary/aromatic N) is 2. The number of amides is 1. The first-order valence-electron chi connectivity index (χ1n) is 8.93. The molecule has 0 spiro atoms. The van der Waals surface area contributed by atoms with E-state index < -0.39 is 10.0 Å². The molecule has 8 heteroatoms. The second-order valence-electron chi connectivity index (χ2n) is 6.74. The summed E-state index contributed by atoms with van der Waals surface area (Å²) in [6.07, 6.45) is 6.76. The van der Waals surface area contributed by atoms with Gasteiger partial charge >= 0.3 is 0 Å². The van der Waals surface area contributed by atoms with Crippen molar-refractivity contribution in [1.29, 1.82) is 0 Å². The van der Waals surface area contributed by atoms with Gasteiger partial charge in [0, 0.05) is 36.5 Å². The summed E-state index contributed by atoms with van der Waals surface area (Å²) < 4.78 is 31.1. The molecule has 1 amide bonds. The molecule has 7 nitrogen and oxygen atoms in total. The van der Waals surface area contributed by atoms with E-state index in [0.717, 1.165) is 31.4 Å². The molecule has 1 aliphatic heterocycles. The van der Waals surface area contributed by atoms with Gasteiger partial charge in [-0.15, -0.1) is 0 Å². The molecular weight excluding hydrogens is 342 g/mol. The van der Waals surface area contributed by atoms with Gasteiger partial charge in [0.05, 0.1) is 0 Å². The zero-order valence-corrected chi connectivity index (χ0v) is 15.3. The van der Waals surface area contributed by atoms with Crippen LogP contribution in [0.5, 0.6) is 0 Å². The van der Waals surface area contributed by atoms with E-state index in [0.29, 0.717) is 37.5 Å². The number of unbranched alkanes of at least 4 members (excludes halogenated alkanes) is 1. The highest BCUT2D eigenvalue weighted by atomic mass is 32.2. The second-order valence-corrected chi connectivity index (χ2v) is 8.56. The Morgan fingerprint density at radius 1 is 1.36 bits per heavy atom. The number of sulfonamides is 1. The summed E-state index contributed by atoms with van der Waals surface area (Å²) in [5, 5.41) is 8.06. The van der Waals surface area contributed by atoms with Gasteiger partial charge < -0.3 is 9.84 Å². The van der Waals surface area contributed by atoms with Crippen molar-refractivity contribution in [2.24, 2.45) is 0 Å². The highest BCUT2D eigenvalue weighted by Gasteiger charge is 2.30. The molecule has 0 atom stereocenters. The lowest BCUT2D eigenvalue weighted by atomic mass is 10.1. The number of hydrogen-bond acceptors (Lipinski definition) is 5. The van der Waals surface area contributed by atoms with E-state index in [1.54, 1.807) is 12.1 Å². The summed E-state index contributed by atoms with van der Waals surface area (Å²) in [6.45, 7) is 2.83. The van der Waals surface area contributed by atoms with Gasteiger partial charge in [-0.1, -0.05) is 24.6 Å². The van der Waals surface area contributed by atoms with Gasteiger partial charge in [-0.2, -0.15) is 4.31 Å². The van der Waals surface area contributed by atoms with Gasteiger partial charge in [-0.25, -0.2) is 8.42 Å². The van der Waals surface area contributed by atoms with Crippen LogP contribution < -0.4 is 5.32 Å². The van der Waals surface area contributed by atoms with Crippen LogP contribution in [0.4, 0.5) is 0 Å². The fourth-order valence-corrected chi connectivity index (χ4v) is 4.18. The SMILES string of the molecule is CCC/C=C/S(=O)(=O)N1CCC(NC(=O)c2cc(C3CC3)on2)CC1. The van der Waals surface area contributed by atoms with E-state index in [4.69, 9.17) is 4.52 Å². The number of piperidine rings is 1. The topological polar surface area (TPSA) is 92.5 Å². The van der Waals surface area contributed by atoms with Crippen molar-refractivity contribution in [2.75, 3.05) is 13.1 Å². The first-order valence-corrected chi connectivity index (χ1v) is 10.4. The van der Waals surface area contributed by atoms with E-state index in [1.165, 1.54) is 9.71 Å². The van der Waals surface area contributed by atoms with E-state index in [9.17, 15) is 13.2 Å². The lowest BCUT2D eigenvalue weighted by Crippen LogP contribution is -2.46. The number of allylic oxidation sites excluding steroid dienone is 1. The van der Waals surface area contributed by atoms with Crippen LogP contribution in [0.2, 0.25) is 0 Å². The average Bonchev–Trinajstić information content (AvgIpc) is 3.32. The fraction of sp³-hybridized carbons (Fsp3) is 0.647. The van der Waals surface area contributed by atoms with Crippen LogP contribution in [0, 0.1) is 0 Å². The predicted molar refractivity (Wildman–Crippen MR) is 93.5 cm³/mol. The van der Waals surface area contributed by atoms with Crippen LogP contribution in [-0.2, 0) is 10.0 Å². The molecule has 138 valence electrons. The third kappa shape index (κ3) is 4.70. The van der Waals surface area contributed by atoms with Crippen LogP contribution in [0.1, 0.15) is 67.6 Å². The number of carbonyl (C=O) groups excluding carboxylic acids is 1. The molecule has 0 radical (unpaired) electrons. The average molecular weight is 367 g/mol. The third-order valence-corrected chi connectivity index (χ3v) is 6.23. The molecule has 3 rings (SSSR count). The Labute approximate surface area is 148 Å². The molecular formula is C17H25N3O4S. The summed E-state index contributed by atoms with van der Waals surface area (Å²) in [5.74, 6) is 0.952. The Hall–Kier alpha value is -1.67. The summed E-state index contributed by atoms with van der Waals surface area (Å²) in [5.41, 5.74) is 0.305. The number of hydrogen-bond donors (Lipinski definition) is 1. The molecule has 0 unspecified atom stereocenters. The number of carbonyl (C=O) groups is 1. The van der Waals surface area contributed by atoms with Gasteiger partial charge in [0.15, 0.2) is 5.69 Å². The first kappa shape index (κ1) is 18.1. The first-order chi connectivity index (χ1) is 12.0. The largest absolute Gasteiger partial charge is 0.360 e. The van der Waals surface area contributed by atoms with Crippen molar-refractivity contribution in [1.82, 2.24) is 14.8 Å². The highest BCUT2D eigenvalue weighted by molar-refractivity contribution is 7.92. The molecule has 1 saturated heterocycles. The van der Waals surface area contributed by atoms with Crippen molar-refractivity contribution in [3.05, 3.63) is 29.0 Å². The molecule has 0 bridgehead atoms. The van der Waals surface area contributed by atoms with Crippen molar-refractivity contribution in [3.63, 3.8) is 0 Å². The Bertz CT molecular complexity index is 729. The van der Waals surface area contributed by atoms with Crippen LogP contribution in [-0.4, -0.2) is 42.9 Å². The molecule has 25 heavy (non-hydrogen) atoms. The summed E-state index contributed by atoms with van der Waals surface area (Å²) in [7, 11) is -3.35. The van der Waals surface area contributed by atoms with E-state index in [-0.39, 0.29) is 11.9 Å². The fourth-order valence-electron chi connectivity index (χ4n) is 2.91. The van der Waals surface area contributed by atoms with Gasteiger partial charge in [0.2, 0.25) is 10.0 Å². The number of aromatic nitrogens is 1. The van der Waals surface area contributed by atoms with Crippen LogP contribution in [0.15, 0.2) is 22.1 Å². The minimum absolute atomic E-state index is 0.0420. The molecule has 1 aromatic rings. The highest BCUT2D eigenvalue weighted by Crippen LogP contribution is 2.40. The molecule has 2 fully saturated rings. The molecule has 2 aliphatic rings. The van der Waals surface area contributed by atoms with Crippen LogP contribution >= 0.6 is 0 Å². The van der Waals surface area contributed by atoms with Gasteiger partial charge in [-0.05, 0) is 32.1 Å². The molecule has 0 aromatic carbocycles. The van der Waals surface area contributed by atoms with E-state index >= 15 is 0 Å². The van der Waals surface area contributed by atoms with Crippen molar-refractivity contribution in [2.45, 2.75) is 57.4 Å². The predicted octanol–water partition coefficient (Wildman–Crippen LogP) is 2.39. The van der Waals surface area contributed by atoms with Crippen LogP contribution in [0.25, 0.3) is 0 Å². The molecule has 1 N–H and O–H groups in total. The quantitative estimate of drug-likeness (QED) is 0.799. The molecule has 1 aliphatic carbocycles. The minimum atomic E-state index is -3.35. The minimum Gasteiger partial charge on any atom is -0.360 e. The van der Waals surface area contributed by atoms with Crippen molar-refractivity contribution < 1.29 is 17.7 Å². The lowest BCUT2D eigenvalue weighted by Gasteiger charge is -2.30. The van der Waals surface area contributed by atoms with Crippen molar-refractivity contribution in [3.8, 4) is 0 Å². The number of rotatable bonds is 7. The summed E-state index contributed by atoms with van der Waals surface area (Å²) in [6, 6.07) is 1.67. The van der Waals surface area contributed by atoms with Crippen molar-refractivity contribution >= 4 is 15.9 Å². The maximum absolute atomic E-state index is 12.2. The lowest BCUT2D eigenvalue weighted by molar-refractivity contribution is 0.0914.